The number of halogens is 1. The van der Waals surface area contributed by atoms with Crippen molar-refractivity contribution in [3.8, 4) is 0 Å². The van der Waals surface area contributed by atoms with E-state index in [0.29, 0.717) is 5.95 Å². The van der Waals surface area contributed by atoms with Crippen LogP contribution in [0.1, 0.15) is 26.5 Å². The molecule has 0 radical (unpaired) electrons. The van der Waals surface area contributed by atoms with E-state index >= 15 is 0 Å². The van der Waals surface area contributed by atoms with Crippen LogP contribution in [0.4, 0.5) is 16.2 Å². The van der Waals surface area contributed by atoms with Gasteiger partial charge in [0.2, 0.25) is 5.95 Å². The summed E-state index contributed by atoms with van der Waals surface area (Å²) in [5.74, 6) is 1.04. The molecule has 1 aliphatic heterocycles. The molecule has 1 saturated heterocycles. The van der Waals surface area contributed by atoms with E-state index in [1.165, 1.54) is 12.4 Å². The van der Waals surface area contributed by atoms with Crippen molar-refractivity contribution in [2.45, 2.75) is 26.2 Å². The van der Waals surface area contributed by atoms with Crippen LogP contribution in [0, 0.1) is 5.82 Å². The number of nitrogens with zero attached hydrogens (tertiary/aromatic N) is 6. The van der Waals surface area contributed by atoms with Crippen molar-refractivity contribution in [1.29, 1.82) is 0 Å². The Kier molecular flexibility index (Phi) is 4.11. The Hall–Kier alpha value is -2.31. The molecule has 122 valence electrons. The number of hydrogen-bond acceptors (Lipinski definition) is 6. The van der Waals surface area contributed by atoms with Crippen LogP contribution in [-0.4, -0.2) is 46.3 Å². The van der Waals surface area contributed by atoms with Gasteiger partial charge < -0.3 is 9.80 Å². The minimum atomic E-state index is -0.415. The zero-order chi connectivity index (χ0) is 16.4. The lowest BCUT2D eigenvalue weighted by molar-refractivity contribution is 0.555. The second kappa shape index (κ2) is 6.06. The van der Waals surface area contributed by atoms with Crippen LogP contribution in [-0.2, 0) is 5.41 Å². The molecule has 7 heteroatoms. The second-order valence-corrected chi connectivity index (χ2v) is 6.70. The van der Waals surface area contributed by atoms with Crippen molar-refractivity contribution >= 4 is 11.8 Å². The third-order valence-corrected chi connectivity index (χ3v) is 3.91. The van der Waals surface area contributed by atoms with Gasteiger partial charge in [-0.3, -0.25) is 0 Å². The topological polar surface area (TPSA) is 58.0 Å². The minimum absolute atomic E-state index is 0.00412. The van der Waals surface area contributed by atoms with E-state index in [9.17, 15) is 4.39 Å². The first-order chi connectivity index (χ1) is 10.9. The van der Waals surface area contributed by atoms with Gasteiger partial charge in [-0.25, -0.2) is 14.4 Å². The van der Waals surface area contributed by atoms with E-state index in [0.717, 1.165) is 37.7 Å². The lowest BCUT2D eigenvalue weighted by Crippen LogP contribution is -2.47. The number of piperazine rings is 1. The number of hydrogen-bond donors (Lipinski definition) is 0. The molecule has 0 amide bonds. The van der Waals surface area contributed by atoms with Crippen molar-refractivity contribution in [3.63, 3.8) is 0 Å². The Balaban J connectivity index is 1.63. The fourth-order valence-electron chi connectivity index (χ4n) is 2.50. The molecule has 23 heavy (non-hydrogen) atoms. The van der Waals surface area contributed by atoms with Crippen molar-refractivity contribution in [2.24, 2.45) is 0 Å². The summed E-state index contributed by atoms with van der Waals surface area (Å²) in [6.07, 6.45) is 2.40. The zero-order valence-electron chi connectivity index (χ0n) is 13.7. The van der Waals surface area contributed by atoms with E-state index in [1.54, 1.807) is 0 Å². The quantitative estimate of drug-likeness (QED) is 0.845. The molecule has 0 aliphatic carbocycles. The van der Waals surface area contributed by atoms with Crippen LogP contribution in [0.15, 0.2) is 24.5 Å². The predicted molar refractivity (Wildman–Crippen MR) is 87.1 cm³/mol. The first-order valence-corrected chi connectivity index (χ1v) is 7.75. The Bertz CT molecular complexity index is 642. The number of rotatable bonds is 2. The first-order valence-electron chi connectivity index (χ1n) is 7.75. The Labute approximate surface area is 135 Å². The fourth-order valence-corrected chi connectivity index (χ4v) is 2.50. The third-order valence-electron chi connectivity index (χ3n) is 3.91. The summed E-state index contributed by atoms with van der Waals surface area (Å²) in [5.41, 5.74) is 0.990. The molecule has 3 rings (SSSR count). The van der Waals surface area contributed by atoms with E-state index in [2.05, 4.69) is 45.8 Å². The summed E-state index contributed by atoms with van der Waals surface area (Å²) in [5, 5.41) is 8.70. The Morgan fingerprint density at radius 3 is 2.04 bits per heavy atom. The highest BCUT2D eigenvalue weighted by atomic mass is 19.1. The summed E-state index contributed by atoms with van der Waals surface area (Å²) < 4.78 is 12.9. The lowest BCUT2D eigenvalue weighted by Gasteiger charge is -2.35. The molecule has 3 heterocycles. The van der Waals surface area contributed by atoms with Crippen LogP contribution in [0.3, 0.4) is 0 Å². The van der Waals surface area contributed by atoms with Crippen LogP contribution in [0.2, 0.25) is 0 Å². The molecular formula is C16H21FN6. The maximum absolute atomic E-state index is 12.9. The average molecular weight is 316 g/mol. The van der Waals surface area contributed by atoms with Crippen LogP contribution >= 0.6 is 0 Å². The summed E-state index contributed by atoms with van der Waals surface area (Å²) in [4.78, 5) is 12.3. The highest BCUT2D eigenvalue weighted by Crippen LogP contribution is 2.21. The summed E-state index contributed by atoms with van der Waals surface area (Å²) >= 11 is 0. The van der Waals surface area contributed by atoms with E-state index in [4.69, 9.17) is 0 Å². The summed E-state index contributed by atoms with van der Waals surface area (Å²) in [6, 6.07) is 4.06. The van der Waals surface area contributed by atoms with Crippen molar-refractivity contribution in [1.82, 2.24) is 20.2 Å². The van der Waals surface area contributed by atoms with Gasteiger partial charge in [-0.05, 0) is 12.1 Å². The molecule has 2 aromatic heterocycles. The van der Waals surface area contributed by atoms with Crippen LogP contribution in [0.25, 0.3) is 0 Å². The van der Waals surface area contributed by atoms with Gasteiger partial charge in [-0.15, -0.1) is 5.10 Å². The van der Waals surface area contributed by atoms with Gasteiger partial charge in [0.25, 0.3) is 0 Å². The van der Waals surface area contributed by atoms with Gasteiger partial charge in [0.05, 0.1) is 18.1 Å². The molecule has 1 fully saturated rings. The van der Waals surface area contributed by atoms with Crippen molar-refractivity contribution < 1.29 is 4.39 Å². The van der Waals surface area contributed by atoms with Gasteiger partial charge >= 0.3 is 0 Å². The predicted octanol–water partition coefficient (Wildman–Crippen LogP) is 2.03. The van der Waals surface area contributed by atoms with Crippen molar-refractivity contribution in [2.75, 3.05) is 36.0 Å². The SMILES string of the molecule is CC(C)(C)c1ccc(N2CCN(c3ncc(F)cn3)CC2)nn1. The maximum atomic E-state index is 12.9. The second-order valence-electron chi connectivity index (χ2n) is 6.70. The molecule has 0 spiro atoms. The molecule has 0 unspecified atom stereocenters. The van der Waals surface area contributed by atoms with E-state index in [-0.39, 0.29) is 5.41 Å². The number of anilines is 2. The molecular weight excluding hydrogens is 295 g/mol. The highest BCUT2D eigenvalue weighted by molar-refractivity contribution is 5.41. The Morgan fingerprint density at radius 1 is 0.913 bits per heavy atom. The monoisotopic (exact) mass is 316 g/mol. The number of aromatic nitrogens is 4. The summed E-state index contributed by atoms with van der Waals surface area (Å²) in [7, 11) is 0. The van der Waals surface area contributed by atoms with Gasteiger partial charge in [0.15, 0.2) is 11.6 Å². The Morgan fingerprint density at radius 2 is 1.52 bits per heavy atom. The van der Waals surface area contributed by atoms with Gasteiger partial charge in [-0.1, -0.05) is 20.8 Å². The summed E-state index contributed by atoms with van der Waals surface area (Å²) in [6.45, 7) is 9.53. The normalized spacial score (nSPS) is 15.8. The largest absolute Gasteiger partial charge is 0.352 e. The molecule has 1 aliphatic rings. The van der Waals surface area contributed by atoms with E-state index in [1.807, 2.05) is 17.0 Å². The highest BCUT2D eigenvalue weighted by Gasteiger charge is 2.21. The van der Waals surface area contributed by atoms with Gasteiger partial charge in [0.1, 0.15) is 0 Å². The molecule has 0 aromatic carbocycles. The molecule has 2 aromatic rings. The van der Waals surface area contributed by atoms with Crippen LogP contribution < -0.4 is 9.80 Å². The fraction of sp³-hybridized carbons (Fsp3) is 0.500. The van der Waals surface area contributed by atoms with E-state index < -0.39 is 5.82 Å². The zero-order valence-corrected chi connectivity index (χ0v) is 13.7. The first kappa shape index (κ1) is 15.6. The van der Waals surface area contributed by atoms with Gasteiger partial charge in [0, 0.05) is 31.6 Å². The van der Waals surface area contributed by atoms with Crippen LogP contribution in [0.5, 0.6) is 0 Å². The molecule has 0 bridgehead atoms. The molecule has 0 N–H and O–H groups in total. The van der Waals surface area contributed by atoms with Crippen molar-refractivity contribution in [3.05, 3.63) is 36.0 Å². The average Bonchev–Trinajstić information content (AvgIpc) is 2.55. The molecule has 6 nitrogen and oxygen atoms in total. The third kappa shape index (κ3) is 3.55. The lowest BCUT2D eigenvalue weighted by atomic mass is 9.92. The minimum Gasteiger partial charge on any atom is -0.352 e. The maximum Gasteiger partial charge on any atom is 0.225 e. The smallest absolute Gasteiger partial charge is 0.225 e. The molecule has 0 atom stereocenters. The molecule has 0 saturated carbocycles. The standard InChI is InChI=1S/C16H21FN6/c1-16(2,3)13-4-5-14(21-20-13)22-6-8-23(9-7-22)15-18-10-12(17)11-19-15/h4-5,10-11H,6-9H2,1-3H3. The van der Waals surface area contributed by atoms with Gasteiger partial charge in [-0.2, -0.15) is 5.10 Å².